The molecule has 0 N–H and O–H groups in total. The van der Waals surface area contributed by atoms with Crippen LogP contribution in [0.2, 0.25) is 0 Å². The van der Waals surface area contributed by atoms with Gasteiger partial charge in [0, 0.05) is 28.4 Å². The van der Waals surface area contributed by atoms with E-state index in [9.17, 15) is 19.2 Å². The average Bonchev–Trinajstić information content (AvgIpc) is 3.81. The molecule has 8 nitrogen and oxygen atoms in total. The molecule has 4 aliphatic carbocycles. The van der Waals surface area contributed by atoms with Crippen LogP contribution in [0.4, 0.5) is 0 Å². The summed E-state index contributed by atoms with van der Waals surface area (Å²) in [4.78, 5) is 45.4. The van der Waals surface area contributed by atoms with Crippen LogP contribution in [0.1, 0.15) is 171 Å². The highest BCUT2D eigenvalue weighted by Gasteiger charge is 2.40. The average molecular weight is 713 g/mol. The van der Waals surface area contributed by atoms with Gasteiger partial charge in [-0.3, -0.25) is 19.2 Å². The molecule has 0 unspecified atom stereocenters. The Bertz CT molecular complexity index is 818. The predicted molar refractivity (Wildman–Crippen MR) is 206 cm³/mol. The summed E-state index contributed by atoms with van der Waals surface area (Å²) in [7, 11) is 6.70. The summed E-state index contributed by atoms with van der Waals surface area (Å²) in [6.07, 6.45) is 20.2. The Balaban J connectivity index is 0. The van der Waals surface area contributed by atoms with Crippen LogP contribution in [0.5, 0.6) is 0 Å². The zero-order valence-corrected chi connectivity index (χ0v) is 34.8. The van der Waals surface area contributed by atoms with E-state index < -0.39 is 0 Å². The van der Waals surface area contributed by atoms with Gasteiger partial charge < -0.3 is 18.9 Å². The number of ether oxygens (including phenoxy) is 4. The van der Waals surface area contributed by atoms with Crippen LogP contribution >= 0.6 is 0 Å². The third-order valence-corrected chi connectivity index (χ3v) is 11.4. The molecule has 0 saturated heterocycles. The zero-order valence-electron chi connectivity index (χ0n) is 34.8. The highest BCUT2D eigenvalue weighted by atomic mass is 16.5. The first-order valence-corrected chi connectivity index (χ1v) is 19.8. The van der Waals surface area contributed by atoms with Gasteiger partial charge in [-0.1, -0.05) is 91.9 Å². The van der Waals surface area contributed by atoms with Crippen molar-refractivity contribution in [3.05, 3.63) is 0 Å². The Labute approximate surface area is 308 Å². The Kier molecular flexibility index (Phi) is 28.4. The van der Waals surface area contributed by atoms with Crippen molar-refractivity contribution in [2.24, 2.45) is 21.7 Å². The Hall–Kier alpha value is -1.48. The largest absolute Gasteiger partial charge is 0.384 e. The lowest BCUT2D eigenvalue weighted by molar-refractivity contribution is -0.132. The summed E-state index contributed by atoms with van der Waals surface area (Å²) in [5.41, 5.74) is -0.497. The number of carbonyl (C=O) groups is 4. The smallest absolute Gasteiger partial charge is 0.138 e. The quantitative estimate of drug-likeness (QED) is 0.197. The second-order valence-electron chi connectivity index (χ2n) is 14.6. The number of carbonyl (C=O) groups excluding carboxylic acids is 4. The molecule has 0 spiro atoms. The highest BCUT2D eigenvalue weighted by Crippen LogP contribution is 2.40. The van der Waals surface area contributed by atoms with Gasteiger partial charge in [-0.15, -0.1) is 0 Å². The first-order chi connectivity index (χ1) is 23.8. The molecule has 50 heavy (non-hydrogen) atoms. The van der Waals surface area contributed by atoms with Gasteiger partial charge in [0.1, 0.15) is 23.1 Å². The van der Waals surface area contributed by atoms with Crippen LogP contribution in [-0.2, 0) is 38.1 Å². The molecule has 0 aromatic carbocycles. The van der Waals surface area contributed by atoms with E-state index >= 15 is 0 Å². The van der Waals surface area contributed by atoms with Crippen LogP contribution in [-0.4, -0.2) is 78.0 Å². The number of hydrogen-bond acceptors (Lipinski definition) is 8. The lowest BCUT2D eigenvalue weighted by Crippen LogP contribution is -2.36. The summed E-state index contributed by atoms with van der Waals surface area (Å²) < 4.78 is 20.4. The van der Waals surface area contributed by atoms with Crippen molar-refractivity contribution >= 4 is 23.1 Å². The van der Waals surface area contributed by atoms with Gasteiger partial charge >= 0.3 is 0 Å². The monoisotopic (exact) mass is 713 g/mol. The molecule has 4 rings (SSSR count). The van der Waals surface area contributed by atoms with Crippen LogP contribution in [0, 0.1) is 21.7 Å². The first-order valence-electron chi connectivity index (χ1n) is 19.8. The highest BCUT2D eigenvalue weighted by molar-refractivity contribution is 5.84. The fourth-order valence-electron chi connectivity index (χ4n) is 8.06. The third-order valence-electron chi connectivity index (χ3n) is 11.4. The van der Waals surface area contributed by atoms with Crippen molar-refractivity contribution in [2.45, 2.75) is 171 Å². The second kappa shape index (κ2) is 28.1. The molecule has 8 heteroatoms. The van der Waals surface area contributed by atoms with E-state index in [2.05, 4.69) is 0 Å². The molecule has 0 amide bonds. The molecular weight excluding hydrogens is 632 g/mol. The van der Waals surface area contributed by atoms with Crippen molar-refractivity contribution in [1.29, 1.82) is 0 Å². The van der Waals surface area contributed by atoms with Crippen LogP contribution in [0.3, 0.4) is 0 Å². The van der Waals surface area contributed by atoms with Crippen molar-refractivity contribution in [1.82, 2.24) is 0 Å². The number of Topliss-reactive ketones (excluding diaryl/α,β-unsaturated/α-hetero) is 4. The number of methoxy groups -OCH3 is 4. The van der Waals surface area contributed by atoms with Crippen molar-refractivity contribution in [2.75, 3.05) is 54.9 Å². The normalized spacial score (nSPS) is 20.6. The number of ketones is 4. The van der Waals surface area contributed by atoms with Crippen molar-refractivity contribution in [3.8, 4) is 0 Å². The van der Waals surface area contributed by atoms with Gasteiger partial charge in [-0.05, 0) is 79.1 Å². The second-order valence-corrected chi connectivity index (χ2v) is 14.6. The minimum Gasteiger partial charge on any atom is -0.384 e. The molecule has 0 atom stereocenters. The summed E-state index contributed by atoms with van der Waals surface area (Å²) >= 11 is 0. The van der Waals surface area contributed by atoms with Gasteiger partial charge in [-0.25, -0.2) is 0 Å². The predicted octanol–water partition coefficient (Wildman–Crippen LogP) is 9.96. The summed E-state index contributed by atoms with van der Waals surface area (Å²) in [6, 6.07) is 0. The molecule has 0 aromatic heterocycles. The SMILES string of the molecule is CC.CC.COCC1(C(C)=O)CCCC1.COCC1(C(C)=O)CCCC1.COCC1(C(C)=O)CCCCC1.COCC1(C(C)=O)CCCCC1. The van der Waals surface area contributed by atoms with Crippen LogP contribution in [0.25, 0.3) is 0 Å². The van der Waals surface area contributed by atoms with E-state index in [0.29, 0.717) is 49.6 Å². The molecule has 0 radical (unpaired) electrons. The Morgan fingerprint density at radius 2 is 0.480 bits per heavy atom. The van der Waals surface area contributed by atoms with Gasteiger partial charge in [0.2, 0.25) is 0 Å². The minimum absolute atomic E-state index is 0.116. The van der Waals surface area contributed by atoms with E-state index in [1.807, 2.05) is 27.7 Å². The number of hydrogen-bond donors (Lipinski definition) is 0. The van der Waals surface area contributed by atoms with Gasteiger partial charge in [0.05, 0.1) is 48.1 Å². The van der Waals surface area contributed by atoms with Gasteiger partial charge in [0.15, 0.2) is 0 Å². The molecule has 296 valence electrons. The fourth-order valence-corrected chi connectivity index (χ4v) is 8.06. The molecule has 0 heterocycles. The summed E-state index contributed by atoms with van der Waals surface area (Å²) in [5.74, 6) is 1.22. The van der Waals surface area contributed by atoms with Crippen molar-refractivity contribution in [3.63, 3.8) is 0 Å². The maximum Gasteiger partial charge on any atom is 0.138 e. The van der Waals surface area contributed by atoms with E-state index in [0.717, 1.165) is 51.4 Å². The molecule has 0 aromatic rings. The lowest BCUT2D eigenvalue weighted by atomic mass is 9.72. The lowest BCUT2D eigenvalue weighted by Gasteiger charge is -2.34. The summed E-state index contributed by atoms with van der Waals surface area (Å²) in [5, 5.41) is 0. The standard InChI is InChI=1S/2C10H18O2.2C9H16O2.2C2H6/c2*1-9(11)10(8-12-2)6-4-3-5-7-10;2*1-8(10)9(7-11-2)5-3-4-6-9;2*1-2/h2*3-8H2,1-2H3;2*3-7H2,1-2H3;2*1-2H3. The van der Waals surface area contributed by atoms with E-state index in [1.54, 1.807) is 56.1 Å². The van der Waals surface area contributed by atoms with Crippen LogP contribution < -0.4 is 0 Å². The summed E-state index contributed by atoms with van der Waals surface area (Å²) in [6.45, 7) is 17.2. The topological polar surface area (TPSA) is 105 Å². The van der Waals surface area contributed by atoms with Crippen molar-refractivity contribution < 1.29 is 38.1 Å². The molecule has 0 bridgehead atoms. The molecule has 4 saturated carbocycles. The molecule has 0 aliphatic heterocycles. The van der Waals surface area contributed by atoms with E-state index in [4.69, 9.17) is 18.9 Å². The molecule has 4 fully saturated rings. The Morgan fingerprint density at radius 3 is 0.600 bits per heavy atom. The maximum absolute atomic E-state index is 11.4. The van der Waals surface area contributed by atoms with Gasteiger partial charge in [-0.2, -0.15) is 0 Å². The minimum atomic E-state index is -0.132. The van der Waals surface area contributed by atoms with Crippen LogP contribution in [0.15, 0.2) is 0 Å². The van der Waals surface area contributed by atoms with E-state index in [1.165, 1.54) is 64.2 Å². The first kappa shape index (κ1) is 50.6. The van der Waals surface area contributed by atoms with E-state index in [-0.39, 0.29) is 21.7 Å². The molecular formula is C42H80O8. The Morgan fingerprint density at radius 1 is 0.340 bits per heavy atom. The fraction of sp³-hybridized carbons (Fsp3) is 0.905. The molecule has 4 aliphatic rings. The number of rotatable bonds is 12. The zero-order chi connectivity index (χ0) is 38.7. The van der Waals surface area contributed by atoms with Gasteiger partial charge in [0.25, 0.3) is 0 Å². The third kappa shape index (κ3) is 16.5. The maximum atomic E-state index is 11.4.